The topological polar surface area (TPSA) is 142 Å². The number of nitrogens with one attached hydrogen (secondary N) is 1. The molecule has 4 N–H and O–H groups in total. The lowest BCUT2D eigenvalue weighted by Gasteiger charge is -2.35. The van der Waals surface area contributed by atoms with Crippen LogP contribution in [-0.4, -0.2) is 74.6 Å². The van der Waals surface area contributed by atoms with Crippen LogP contribution in [0.2, 0.25) is 0 Å². The van der Waals surface area contributed by atoms with Gasteiger partial charge in [0.15, 0.2) is 0 Å². The van der Waals surface area contributed by atoms with Crippen molar-refractivity contribution in [2.24, 2.45) is 11.7 Å². The highest BCUT2D eigenvalue weighted by atomic mass is 16.5. The molecule has 11 heteroatoms. The van der Waals surface area contributed by atoms with Gasteiger partial charge in [-0.2, -0.15) is 5.10 Å². The number of amides is 3. The number of aromatic nitrogens is 2. The Morgan fingerprint density at radius 2 is 1.88 bits per heavy atom. The Kier molecular flexibility index (Phi) is 9.38. The van der Waals surface area contributed by atoms with Crippen LogP contribution in [0.15, 0.2) is 42.6 Å². The number of ether oxygens (including phenoxy) is 1. The van der Waals surface area contributed by atoms with Crippen LogP contribution >= 0.6 is 0 Å². The number of nitrogens with two attached hydrogens (primary N) is 1. The molecular formula is C29H38N6O5. The fourth-order valence-electron chi connectivity index (χ4n) is 5.23. The summed E-state index contributed by atoms with van der Waals surface area (Å²) in [5, 5.41) is 14.1. The molecule has 3 heterocycles. The summed E-state index contributed by atoms with van der Waals surface area (Å²) >= 11 is 0. The van der Waals surface area contributed by atoms with Crippen molar-refractivity contribution in [3.8, 4) is 5.75 Å². The first-order valence-electron chi connectivity index (χ1n) is 13.6. The summed E-state index contributed by atoms with van der Waals surface area (Å²) in [6.07, 6.45) is 3.58. The molecule has 0 unspecified atom stereocenters. The normalized spacial score (nSPS) is 15.5. The molecule has 0 bridgehead atoms. The number of benzene rings is 1. The van der Waals surface area contributed by atoms with Crippen LogP contribution in [0.4, 0.5) is 0 Å². The Balaban J connectivity index is 1.57. The van der Waals surface area contributed by atoms with Crippen molar-refractivity contribution < 1.29 is 24.3 Å². The second kappa shape index (κ2) is 12.9. The maximum atomic E-state index is 12.9. The Labute approximate surface area is 233 Å². The van der Waals surface area contributed by atoms with Gasteiger partial charge in [-0.1, -0.05) is 19.9 Å². The van der Waals surface area contributed by atoms with Crippen LogP contribution in [0.25, 0.3) is 5.52 Å². The van der Waals surface area contributed by atoms with E-state index in [-0.39, 0.29) is 30.4 Å². The molecule has 1 atom stereocenters. The van der Waals surface area contributed by atoms with E-state index in [0.717, 1.165) is 29.6 Å². The minimum atomic E-state index is -0.783. The highest BCUT2D eigenvalue weighted by molar-refractivity contribution is 5.95. The number of carbonyl (C=O) groups excluding carboxylic acids is 3. The molecule has 11 nitrogen and oxygen atoms in total. The summed E-state index contributed by atoms with van der Waals surface area (Å²) in [7, 11) is 0. The van der Waals surface area contributed by atoms with E-state index < -0.39 is 17.9 Å². The van der Waals surface area contributed by atoms with Gasteiger partial charge in [-0.05, 0) is 68.6 Å². The fraction of sp³-hybridized carbons (Fsp3) is 0.448. The van der Waals surface area contributed by atoms with Crippen molar-refractivity contribution >= 4 is 23.2 Å². The summed E-state index contributed by atoms with van der Waals surface area (Å²) in [5.41, 5.74) is 11.0. The number of hydroxylamine groups is 1. The summed E-state index contributed by atoms with van der Waals surface area (Å²) in [6.45, 7) is 8.14. The van der Waals surface area contributed by atoms with E-state index >= 15 is 0 Å². The number of nitrogens with zero attached hydrogens (tertiary/aromatic N) is 4. The zero-order chi connectivity index (χ0) is 28.8. The molecule has 1 aliphatic rings. The van der Waals surface area contributed by atoms with E-state index in [1.54, 1.807) is 28.2 Å². The molecule has 40 heavy (non-hydrogen) atoms. The molecule has 3 amide bonds. The van der Waals surface area contributed by atoms with Crippen LogP contribution in [0.3, 0.4) is 0 Å². The van der Waals surface area contributed by atoms with Crippen molar-refractivity contribution in [2.75, 3.05) is 26.2 Å². The van der Waals surface area contributed by atoms with Gasteiger partial charge in [0.05, 0.1) is 17.3 Å². The van der Waals surface area contributed by atoms with E-state index in [1.807, 2.05) is 55.0 Å². The van der Waals surface area contributed by atoms with Crippen molar-refractivity contribution in [3.05, 3.63) is 65.0 Å². The van der Waals surface area contributed by atoms with Crippen molar-refractivity contribution in [2.45, 2.75) is 52.7 Å². The average Bonchev–Trinajstić information content (AvgIpc) is 3.24. The van der Waals surface area contributed by atoms with Gasteiger partial charge >= 0.3 is 0 Å². The number of aryl methyl sites for hydroxylation is 1. The summed E-state index contributed by atoms with van der Waals surface area (Å²) in [4.78, 5) is 41.6. The molecule has 1 fully saturated rings. The third kappa shape index (κ3) is 6.60. The van der Waals surface area contributed by atoms with Gasteiger partial charge in [0.1, 0.15) is 12.4 Å². The lowest BCUT2D eigenvalue weighted by atomic mass is 9.97. The zero-order valence-corrected chi connectivity index (χ0v) is 23.3. The Hall–Kier alpha value is -3.96. The number of fused-ring (bicyclic) bond motifs is 1. The Bertz CT molecular complexity index is 1370. The summed E-state index contributed by atoms with van der Waals surface area (Å²) in [6, 6.07) is 10.0. The first-order valence-corrected chi connectivity index (χ1v) is 13.6. The molecular weight excluding hydrogens is 512 g/mol. The lowest BCUT2D eigenvalue weighted by Crippen LogP contribution is -2.52. The molecule has 214 valence electrons. The lowest BCUT2D eigenvalue weighted by molar-refractivity contribution is -0.137. The van der Waals surface area contributed by atoms with Crippen LogP contribution < -0.4 is 16.0 Å². The van der Waals surface area contributed by atoms with Crippen LogP contribution in [-0.2, 0) is 22.6 Å². The zero-order valence-electron chi connectivity index (χ0n) is 23.3. The molecule has 0 aliphatic carbocycles. The average molecular weight is 551 g/mol. The van der Waals surface area contributed by atoms with Crippen LogP contribution in [0.1, 0.15) is 53.9 Å². The van der Waals surface area contributed by atoms with E-state index in [9.17, 15) is 19.6 Å². The molecule has 0 saturated carbocycles. The Morgan fingerprint density at radius 3 is 2.60 bits per heavy atom. The third-order valence-electron chi connectivity index (χ3n) is 7.42. The first kappa shape index (κ1) is 29.0. The molecule has 1 aliphatic heterocycles. The molecule has 0 spiro atoms. The smallest absolute Gasteiger partial charge is 0.261 e. The van der Waals surface area contributed by atoms with E-state index in [4.69, 9.17) is 10.5 Å². The molecule has 1 aromatic carbocycles. The van der Waals surface area contributed by atoms with Crippen molar-refractivity contribution in [1.82, 2.24) is 24.9 Å². The highest BCUT2D eigenvalue weighted by Gasteiger charge is 2.30. The maximum absolute atomic E-state index is 12.9. The molecule has 4 rings (SSSR count). The van der Waals surface area contributed by atoms with Gasteiger partial charge in [0, 0.05) is 42.9 Å². The number of primary amides is 1. The van der Waals surface area contributed by atoms with Gasteiger partial charge in [0.2, 0.25) is 11.8 Å². The second-order valence-electron chi connectivity index (χ2n) is 10.5. The standard InChI is InChI=1S/C29H38N6O5/c1-19(2)29(38)34-12-7-6-11-33(14-15-34)26(28(37)32-39)17-21-16-22(9-10-23(21)27(30)36)40-18-24-20(3)31-35-13-5-4-8-25(24)35/h4-5,8-10,13,16,19,26,39H,6-7,11-12,14-15,17-18H2,1-3H3,(H2,30,36)(H,32,37)/t26-/m0/s1. The van der Waals surface area contributed by atoms with Gasteiger partial charge in [0.25, 0.3) is 5.91 Å². The summed E-state index contributed by atoms with van der Waals surface area (Å²) in [5.74, 6) is -0.739. The van der Waals surface area contributed by atoms with E-state index in [2.05, 4.69) is 5.10 Å². The fourth-order valence-corrected chi connectivity index (χ4v) is 5.23. The predicted molar refractivity (Wildman–Crippen MR) is 149 cm³/mol. The molecule has 2 aromatic heterocycles. The van der Waals surface area contributed by atoms with Crippen LogP contribution in [0, 0.1) is 12.8 Å². The van der Waals surface area contributed by atoms with Gasteiger partial charge in [-0.25, -0.2) is 10.00 Å². The van der Waals surface area contributed by atoms with Gasteiger partial charge < -0.3 is 15.4 Å². The molecule has 1 saturated heterocycles. The van der Waals surface area contributed by atoms with Gasteiger partial charge in [-0.3, -0.25) is 24.5 Å². The largest absolute Gasteiger partial charge is 0.489 e. The second-order valence-corrected chi connectivity index (χ2v) is 10.5. The predicted octanol–water partition coefficient (Wildman–Crippen LogP) is 2.32. The Morgan fingerprint density at radius 1 is 1.10 bits per heavy atom. The monoisotopic (exact) mass is 550 g/mol. The van der Waals surface area contributed by atoms with Gasteiger partial charge in [-0.15, -0.1) is 0 Å². The number of hydrogen-bond acceptors (Lipinski definition) is 7. The van der Waals surface area contributed by atoms with Crippen LogP contribution in [0.5, 0.6) is 5.75 Å². The molecule has 3 aromatic rings. The van der Waals surface area contributed by atoms with E-state index in [0.29, 0.717) is 37.5 Å². The van der Waals surface area contributed by atoms with Crippen molar-refractivity contribution in [1.29, 1.82) is 0 Å². The number of rotatable bonds is 9. The minimum Gasteiger partial charge on any atom is -0.489 e. The summed E-state index contributed by atoms with van der Waals surface area (Å²) < 4.78 is 7.91. The quantitative estimate of drug-likeness (QED) is 0.274. The first-order chi connectivity index (χ1) is 19.2. The number of hydrogen-bond donors (Lipinski definition) is 3. The molecule has 0 radical (unpaired) electrons. The van der Waals surface area contributed by atoms with Crippen molar-refractivity contribution in [3.63, 3.8) is 0 Å². The third-order valence-corrected chi connectivity index (χ3v) is 7.42. The maximum Gasteiger partial charge on any atom is 0.261 e. The number of carbonyl (C=O) groups is 3. The SMILES string of the molecule is Cc1nn2ccccc2c1COc1ccc(C(N)=O)c(C[C@@H](C(=O)NO)N2CCCCN(C(=O)C(C)C)CC2)c1. The van der Waals surface area contributed by atoms with E-state index in [1.165, 1.54) is 0 Å². The minimum absolute atomic E-state index is 0.0762. The number of pyridine rings is 1. The highest BCUT2D eigenvalue weighted by Crippen LogP contribution is 2.24.